The van der Waals surface area contributed by atoms with Crippen LogP contribution in [0.5, 0.6) is 0 Å². The monoisotopic (exact) mass is 381 g/mol. The standard InChI is InChI=1S/C16H17Cl2N5S/c1-23-16(20-9-21-23)13-7-14(24-15(13)18)22-12(8-19)6-10-2-4-11(17)5-3-10/h2-5,7,9,12,22H,6,8,19H2,1H3/t12-/m0/s1. The molecule has 0 aliphatic heterocycles. The van der Waals surface area contributed by atoms with Crippen LogP contribution in [0.1, 0.15) is 5.56 Å². The smallest absolute Gasteiger partial charge is 0.160 e. The zero-order valence-electron chi connectivity index (χ0n) is 13.0. The minimum absolute atomic E-state index is 0.105. The Hall–Kier alpha value is -1.60. The molecule has 0 unspecified atom stereocenters. The molecule has 3 rings (SSSR count). The average Bonchev–Trinajstić information content (AvgIpc) is 3.14. The highest BCUT2D eigenvalue weighted by Gasteiger charge is 2.16. The van der Waals surface area contributed by atoms with E-state index >= 15 is 0 Å². The number of halogens is 2. The molecule has 0 radical (unpaired) electrons. The molecule has 24 heavy (non-hydrogen) atoms. The van der Waals surface area contributed by atoms with E-state index in [1.165, 1.54) is 23.2 Å². The quantitative estimate of drug-likeness (QED) is 0.680. The largest absolute Gasteiger partial charge is 0.373 e. The van der Waals surface area contributed by atoms with Gasteiger partial charge in [0.25, 0.3) is 0 Å². The van der Waals surface area contributed by atoms with E-state index in [1.54, 1.807) is 4.68 Å². The van der Waals surface area contributed by atoms with Crippen molar-refractivity contribution in [2.24, 2.45) is 12.8 Å². The van der Waals surface area contributed by atoms with Crippen LogP contribution < -0.4 is 11.1 Å². The van der Waals surface area contributed by atoms with Crippen LogP contribution in [0.2, 0.25) is 9.36 Å². The minimum atomic E-state index is 0.105. The second kappa shape index (κ2) is 7.53. The first-order valence-electron chi connectivity index (χ1n) is 7.41. The van der Waals surface area contributed by atoms with Gasteiger partial charge in [-0.25, -0.2) is 9.67 Å². The summed E-state index contributed by atoms with van der Waals surface area (Å²) in [7, 11) is 1.84. The second-order valence-electron chi connectivity index (χ2n) is 5.41. The van der Waals surface area contributed by atoms with Crippen molar-refractivity contribution in [3.8, 4) is 11.4 Å². The molecule has 0 saturated heterocycles. The maximum Gasteiger partial charge on any atom is 0.160 e. The first-order chi connectivity index (χ1) is 11.6. The van der Waals surface area contributed by atoms with Gasteiger partial charge in [0.05, 0.1) is 10.6 Å². The van der Waals surface area contributed by atoms with Crippen molar-refractivity contribution >= 4 is 39.5 Å². The molecule has 0 aliphatic carbocycles. The Bertz CT molecular complexity index is 812. The molecule has 126 valence electrons. The Labute approximate surface area is 154 Å². The molecule has 1 aromatic carbocycles. The Morgan fingerprint density at radius 3 is 2.67 bits per heavy atom. The maximum atomic E-state index is 6.36. The second-order valence-corrected chi connectivity index (χ2v) is 7.50. The van der Waals surface area contributed by atoms with Crippen molar-refractivity contribution in [1.82, 2.24) is 14.8 Å². The zero-order valence-corrected chi connectivity index (χ0v) is 15.4. The van der Waals surface area contributed by atoms with Crippen LogP contribution in [0.3, 0.4) is 0 Å². The number of rotatable bonds is 6. The van der Waals surface area contributed by atoms with Crippen LogP contribution >= 0.6 is 34.5 Å². The van der Waals surface area contributed by atoms with Gasteiger partial charge in [-0.2, -0.15) is 5.10 Å². The highest BCUT2D eigenvalue weighted by Crippen LogP contribution is 2.37. The molecule has 0 saturated carbocycles. The van der Waals surface area contributed by atoms with Gasteiger partial charge in [-0.05, 0) is 30.2 Å². The molecule has 2 aromatic heterocycles. The Kier molecular flexibility index (Phi) is 5.40. The molecule has 0 bridgehead atoms. The summed E-state index contributed by atoms with van der Waals surface area (Å²) in [4.78, 5) is 4.24. The van der Waals surface area contributed by atoms with Crippen LogP contribution in [0.15, 0.2) is 36.7 Å². The summed E-state index contributed by atoms with van der Waals surface area (Å²) in [6.45, 7) is 0.511. The lowest BCUT2D eigenvalue weighted by Gasteiger charge is -2.17. The van der Waals surface area contributed by atoms with E-state index in [-0.39, 0.29) is 6.04 Å². The van der Waals surface area contributed by atoms with Gasteiger partial charge in [-0.1, -0.05) is 35.3 Å². The summed E-state index contributed by atoms with van der Waals surface area (Å²) in [5.41, 5.74) is 7.96. The van der Waals surface area contributed by atoms with E-state index in [4.69, 9.17) is 28.9 Å². The number of hydrogen-bond donors (Lipinski definition) is 2. The summed E-state index contributed by atoms with van der Waals surface area (Å²) in [6.07, 6.45) is 2.32. The number of benzene rings is 1. The molecule has 0 spiro atoms. The topological polar surface area (TPSA) is 68.8 Å². The zero-order chi connectivity index (χ0) is 17.1. The number of nitrogens with two attached hydrogens (primary N) is 1. The lowest BCUT2D eigenvalue weighted by Crippen LogP contribution is -2.30. The Morgan fingerprint density at radius 2 is 2.04 bits per heavy atom. The molecule has 0 fully saturated rings. The first kappa shape index (κ1) is 17.2. The molecule has 1 atom stereocenters. The normalized spacial score (nSPS) is 12.3. The van der Waals surface area contributed by atoms with E-state index in [1.807, 2.05) is 37.4 Å². The lowest BCUT2D eigenvalue weighted by atomic mass is 10.1. The predicted molar refractivity (Wildman–Crippen MR) is 101 cm³/mol. The number of aromatic nitrogens is 3. The van der Waals surface area contributed by atoms with Crippen molar-refractivity contribution in [2.45, 2.75) is 12.5 Å². The number of aryl methyl sites for hydroxylation is 1. The molecular formula is C16H17Cl2N5S. The van der Waals surface area contributed by atoms with Gasteiger partial charge < -0.3 is 11.1 Å². The molecule has 8 heteroatoms. The van der Waals surface area contributed by atoms with Gasteiger partial charge in [0.15, 0.2) is 5.82 Å². The number of nitrogens with one attached hydrogen (secondary N) is 1. The van der Waals surface area contributed by atoms with Crippen molar-refractivity contribution in [3.63, 3.8) is 0 Å². The summed E-state index contributed by atoms with van der Waals surface area (Å²) in [6, 6.07) is 9.89. The lowest BCUT2D eigenvalue weighted by molar-refractivity contribution is 0.726. The van der Waals surface area contributed by atoms with Crippen LogP contribution in [-0.4, -0.2) is 27.4 Å². The first-order valence-corrected chi connectivity index (χ1v) is 8.99. The Balaban J connectivity index is 1.74. The molecule has 3 aromatic rings. The predicted octanol–water partition coefficient (Wildman–Crippen LogP) is 3.83. The van der Waals surface area contributed by atoms with E-state index in [0.717, 1.165) is 27.8 Å². The third-order valence-electron chi connectivity index (χ3n) is 3.67. The fourth-order valence-electron chi connectivity index (χ4n) is 2.43. The number of anilines is 1. The van der Waals surface area contributed by atoms with Gasteiger partial charge in [0.2, 0.25) is 0 Å². The Morgan fingerprint density at radius 1 is 1.29 bits per heavy atom. The van der Waals surface area contributed by atoms with Crippen LogP contribution in [-0.2, 0) is 13.5 Å². The molecular weight excluding hydrogens is 365 g/mol. The van der Waals surface area contributed by atoms with Crippen molar-refractivity contribution < 1.29 is 0 Å². The van der Waals surface area contributed by atoms with Crippen molar-refractivity contribution in [2.75, 3.05) is 11.9 Å². The fraction of sp³-hybridized carbons (Fsp3) is 0.250. The van der Waals surface area contributed by atoms with Gasteiger partial charge in [0.1, 0.15) is 10.7 Å². The fourth-order valence-corrected chi connectivity index (χ4v) is 3.80. The summed E-state index contributed by atoms with van der Waals surface area (Å²) < 4.78 is 2.38. The van der Waals surface area contributed by atoms with Crippen LogP contribution in [0.25, 0.3) is 11.4 Å². The average molecular weight is 382 g/mol. The van der Waals surface area contributed by atoms with Gasteiger partial charge in [-0.3, -0.25) is 0 Å². The van der Waals surface area contributed by atoms with Crippen molar-refractivity contribution in [3.05, 3.63) is 51.6 Å². The van der Waals surface area contributed by atoms with E-state index in [0.29, 0.717) is 10.9 Å². The van der Waals surface area contributed by atoms with Crippen LogP contribution in [0, 0.1) is 0 Å². The van der Waals surface area contributed by atoms with E-state index in [9.17, 15) is 0 Å². The maximum absolute atomic E-state index is 6.36. The SMILES string of the molecule is Cn1ncnc1-c1cc(N[C@H](CN)Cc2ccc(Cl)cc2)sc1Cl. The molecule has 0 amide bonds. The third kappa shape index (κ3) is 3.89. The summed E-state index contributed by atoms with van der Waals surface area (Å²) in [5.74, 6) is 0.742. The third-order valence-corrected chi connectivity index (χ3v) is 5.21. The molecule has 0 aliphatic rings. The van der Waals surface area contributed by atoms with Crippen molar-refractivity contribution in [1.29, 1.82) is 0 Å². The highest BCUT2D eigenvalue weighted by atomic mass is 35.5. The number of thiophene rings is 1. The summed E-state index contributed by atoms with van der Waals surface area (Å²) >= 11 is 13.8. The van der Waals surface area contributed by atoms with Gasteiger partial charge in [-0.15, -0.1) is 11.3 Å². The number of nitrogens with zero attached hydrogens (tertiary/aromatic N) is 3. The summed E-state index contributed by atoms with van der Waals surface area (Å²) in [5, 5.41) is 9.23. The van der Waals surface area contributed by atoms with Gasteiger partial charge in [0, 0.05) is 24.7 Å². The minimum Gasteiger partial charge on any atom is -0.373 e. The molecule has 5 nitrogen and oxygen atoms in total. The van der Waals surface area contributed by atoms with E-state index < -0.39 is 0 Å². The number of hydrogen-bond acceptors (Lipinski definition) is 5. The van der Waals surface area contributed by atoms with E-state index in [2.05, 4.69) is 15.4 Å². The van der Waals surface area contributed by atoms with Crippen LogP contribution in [0.4, 0.5) is 5.00 Å². The van der Waals surface area contributed by atoms with Gasteiger partial charge >= 0.3 is 0 Å². The molecule has 3 N–H and O–H groups in total. The highest BCUT2D eigenvalue weighted by molar-refractivity contribution is 7.20. The molecule has 2 heterocycles.